The van der Waals surface area contributed by atoms with Crippen LogP contribution in [0.15, 0.2) is 61.5 Å². The number of rotatable bonds is 7. The van der Waals surface area contributed by atoms with Crippen LogP contribution in [0.1, 0.15) is 5.56 Å². The molecular formula is C19H21N3O7S2. The van der Waals surface area contributed by atoms with Crippen molar-refractivity contribution in [1.82, 2.24) is 14.0 Å². The molecule has 4 rings (SSSR count). The minimum atomic E-state index is -3.80. The molecule has 31 heavy (non-hydrogen) atoms. The third-order valence-electron chi connectivity index (χ3n) is 4.94. The number of sulfonamides is 2. The zero-order chi connectivity index (χ0) is 22.1. The quantitative estimate of drug-likeness (QED) is 0.520. The Hall–Kier alpha value is -2.51. The van der Waals surface area contributed by atoms with Crippen LogP contribution in [-0.4, -0.2) is 59.0 Å². The average molecular weight is 468 g/mol. The lowest BCUT2D eigenvalue weighted by molar-refractivity contribution is 0.0730. The molecule has 0 unspecified atom stereocenters. The molecule has 1 aliphatic heterocycles. The highest BCUT2D eigenvalue weighted by Gasteiger charge is 2.26. The largest absolute Gasteiger partial charge is 0.417 e. The summed E-state index contributed by atoms with van der Waals surface area (Å²) in [5.74, 6) is -0.656. The number of H-pyrrole nitrogens is 1. The van der Waals surface area contributed by atoms with Crippen molar-refractivity contribution in [3.05, 3.63) is 58.6 Å². The van der Waals surface area contributed by atoms with Crippen LogP contribution in [0.4, 0.5) is 0 Å². The van der Waals surface area contributed by atoms with Crippen molar-refractivity contribution >= 4 is 31.1 Å². The van der Waals surface area contributed by atoms with E-state index in [2.05, 4.69) is 9.71 Å². The van der Waals surface area contributed by atoms with Crippen LogP contribution in [0, 0.1) is 0 Å². The van der Waals surface area contributed by atoms with Gasteiger partial charge in [0.25, 0.3) is 0 Å². The molecule has 2 heterocycles. The topological polar surface area (TPSA) is 139 Å². The molecule has 10 nitrogen and oxygen atoms in total. The van der Waals surface area contributed by atoms with E-state index in [9.17, 15) is 21.6 Å². The summed E-state index contributed by atoms with van der Waals surface area (Å²) >= 11 is 0. The molecule has 166 valence electrons. The van der Waals surface area contributed by atoms with Crippen molar-refractivity contribution in [2.24, 2.45) is 0 Å². The molecule has 12 heteroatoms. The van der Waals surface area contributed by atoms with Gasteiger partial charge in [-0.1, -0.05) is 12.1 Å². The number of aromatic amines is 1. The van der Waals surface area contributed by atoms with E-state index in [0.717, 1.165) is 5.56 Å². The highest BCUT2D eigenvalue weighted by Crippen LogP contribution is 2.19. The molecule has 0 radical (unpaired) electrons. The van der Waals surface area contributed by atoms with E-state index >= 15 is 0 Å². The first-order chi connectivity index (χ1) is 14.8. The minimum absolute atomic E-state index is 0.0188. The van der Waals surface area contributed by atoms with Gasteiger partial charge in [0.1, 0.15) is 0 Å². The summed E-state index contributed by atoms with van der Waals surface area (Å²) in [6.07, 6.45) is 0.374. The van der Waals surface area contributed by atoms with E-state index in [0.29, 0.717) is 38.2 Å². The van der Waals surface area contributed by atoms with Crippen LogP contribution in [-0.2, 0) is 31.2 Å². The van der Waals surface area contributed by atoms with E-state index in [1.54, 1.807) is 12.1 Å². The molecule has 0 amide bonds. The number of oxazole rings is 1. The molecule has 1 saturated heterocycles. The van der Waals surface area contributed by atoms with Crippen molar-refractivity contribution in [1.29, 1.82) is 0 Å². The maximum Gasteiger partial charge on any atom is 0.417 e. The van der Waals surface area contributed by atoms with E-state index in [4.69, 9.17) is 9.15 Å². The Balaban J connectivity index is 1.39. The Morgan fingerprint density at radius 1 is 0.968 bits per heavy atom. The second kappa shape index (κ2) is 8.55. The maximum absolute atomic E-state index is 12.6. The van der Waals surface area contributed by atoms with Crippen molar-refractivity contribution < 1.29 is 26.0 Å². The minimum Gasteiger partial charge on any atom is -0.408 e. The van der Waals surface area contributed by atoms with E-state index in [-0.39, 0.29) is 21.9 Å². The molecule has 0 bridgehead atoms. The summed E-state index contributed by atoms with van der Waals surface area (Å²) in [6, 6.07) is 10.5. The number of aromatic nitrogens is 1. The van der Waals surface area contributed by atoms with Gasteiger partial charge in [0.15, 0.2) is 5.58 Å². The monoisotopic (exact) mass is 467 g/mol. The lowest BCUT2D eigenvalue weighted by atomic mass is 10.2. The van der Waals surface area contributed by atoms with Gasteiger partial charge in [0, 0.05) is 25.7 Å². The number of nitrogens with one attached hydrogen (secondary N) is 2. The summed E-state index contributed by atoms with van der Waals surface area (Å²) in [5, 5.41) is 0. The molecule has 0 atom stereocenters. The maximum atomic E-state index is 12.6. The van der Waals surface area contributed by atoms with Gasteiger partial charge in [-0.25, -0.2) is 26.4 Å². The fraction of sp³-hybridized carbons (Fsp3) is 0.316. The van der Waals surface area contributed by atoms with Crippen LogP contribution in [0.3, 0.4) is 0 Å². The molecule has 0 spiro atoms. The normalized spacial score (nSPS) is 16.0. The van der Waals surface area contributed by atoms with Crippen LogP contribution in [0.2, 0.25) is 0 Å². The van der Waals surface area contributed by atoms with E-state index in [1.165, 1.54) is 34.6 Å². The number of morpholine rings is 1. The van der Waals surface area contributed by atoms with Gasteiger partial charge in [0.05, 0.1) is 28.5 Å². The lowest BCUT2D eigenvalue weighted by Gasteiger charge is -2.26. The smallest absolute Gasteiger partial charge is 0.408 e. The predicted octanol–water partition coefficient (Wildman–Crippen LogP) is 0.663. The van der Waals surface area contributed by atoms with Crippen LogP contribution in [0.25, 0.3) is 11.1 Å². The van der Waals surface area contributed by atoms with Gasteiger partial charge in [-0.3, -0.25) is 4.98 Å². The second-order valence-electron chi connectivity index (χ2n) is 6.98. The Labute approximate surface area is 178 Å². The molecule has 1 fully saturated rings. The van der Waals surface area contributed by atoms with Crippen LogP contribution < -0.4 is 10.5 Å². The predicted molar refractivity (Wildman–Crippen MR) is 112 cm³/mol. The van der Waals surface area contributed by atoms with Crippen molar-refractivity contribution in [3.8, 4) is 0 Å². The Morgan fingerprint density at radius 2 is 1.65 bits per heavy atom. The summed E-state index contributed by atoms with van der Waals surface area (Å²) < 4.78 is 64.3. The molecule has 3 aromatic rings. The molecule has 2 N–H and O–H groups in total. The fourth-order valence-corrected chi connectivity index (χ4v) is 5.72. The first-order valence-electron chi connectivity index (χ1n) is 9.55. The average Bonchev–Trinajstić information content (AvgIpc) is 3.14. The number of hydrogen-bond donors (Lipinski definition) is 2. The zero-order valence-corrected chi connectivity index (χ0v) is 18.0. The lowest BCUT2D eigenvalue weighted by Crippen LogP contribution is -2.40. The van der Waals surface area contributed by atoms with Crippen molar-refractivity contribution in [2.45, 2.75) is 16.2 Å². The van der Waals surface area contributed by atoms with E-state index in [1.807, 2.05) is 0 Å². The summed E-state index contributed by atoms with van der Waals surface area (Å²) in [4.78, 5) is 13.8. The van der Waals surface area contributed by atoms with Gasteiger partial charge >= 0.3 is 5.76 Å². The SMILES string of the molecule is O=c1[nH]c2ccc(S(=O)(=O)NCCc3ccc(S(=O)(=O)N4CCOCC4)cc3)cc2o1. The first kappa shape index (κ1) is 21.7. The van der Waals surface area contributed by atoms with Gasteiger partial charge in [-0.2, -0.15) is 4.31 Å². The molecular weight excluding hydrogens is 446 g/mol. The van der Waals surface area contributed by atoms with Crippen LogP contribution >= 0.6 is 0 Å². The molecule has 1 aliphatic rings. The zero-order valence-electron chi connectivity index (χ0n) is 16.4. The van der Waals surface area contributed by atoms with Gasteiger partial charge < -0.3 is 9.15 Å². The Morgan fingerprint density at radius 3 is 2.35 bits per heavy atom. The summed E-state index contributed by atoms with van der Waals surface area (Å²) in [6.45, 7) is 1.52. The van der Waals surface area contributed by atoms with Crippen molar-refractivity contribution in [2.75, 3.05) is 32.8 Å². The highest BCUT2D eigenvalue weighted by molar-refractivity contribution is 7.89. The summed E-state index contributed by atoms with van der Waals surface area (Å²) in [5.41, 5.74) is 1.36. The fourth-order valence-electron chi connectivity index (χ4n) is 3.27. The third-order valence-corrected chi connectivity index (χ3v) is 8.31. The molecule has 2 aromatic carbocycles. The number of ether oxygens (including phenoxy) is 1. The molecule has 0 saturated carbocycles. The Bertz CT molecular complexity index is 1340. The molecule has 0 aliphatic carbocycles. The van der Waals surface area contributed by atoms with Crippen molar-refractivity contribution in [3.63, 3.8) is 0 Å². The number of hydrogen-bond acceptors (Lipinski definition) is 7. The highest BCUT2D eigenvalue weighted by atomic mass is 32.2. The van der Waals surface area contributed by atoms with Gasteiger partial charge in [0.2, 0.25) is 20.0 Å². The first-order valence-corrected chi connectivity index (χ1v) is 12.5. The van der Waals surface area contributed by atoms with Crippen LogP contribution in [0.5, 0.6) is 0 Å². The third kappa shape index (κ3) is 4.72. The number of nitrogens with zero attached hydrogens (tertiary/aromatic N) is 1. The molecule has 1 aromatic heterocycles. The summed E-state index contributed by atoms with van der Waals surface area (Å²) in [7, 11) is -7.37. The van der Waals surface area contributed by atoms with Gasteiger partial charge in [-0.05, 0) is 36.2 Å². The van der Waals surface area contributed by atoms with E-state index < -0.39 is 25.8 Å². The number of fused-ring (bicyclic) bond motifs is 1. The Kier molecular flexibility index (Phi) is 5.99. The standard InChI is InChI=1S/C19H21N3O7S2/c23-19-21-17-6-5-16(13-18(17)29-19)30(24,25)20-8-7-14-1-3-15(4-2-14)31(26,27)22-9-11-28-12-10-22/h1-6,13,20H,7-12H2,(H,21,23). The number of benzene rings is 2. The van der Waals surface area contributed by atoms with Gasteiger partial charge in [-0.15, -0.1) is 0 Å². The second-order valence-corrected chi connectivity index (χ2v) is 10.7.